The van der Waals surface area contributed by atoms with E-state index in [0.717, 1.165) is 66.0 Å². The summed E-state index contributed by atoms with van der Waals surface area (Å²) in [5.41, 5.74) is 3.30. The van der Waals surface area contributed by atoms with Crippen molar-refractivity contribution < 1.29 is 39.0 Å². The van der Waals surface area contributed by atoms with Crippen LogP contribution in [0.15, 0.2) is 114 Å². The number of unbranched alkanes of at least 4 members (excludes halogenated alkanes) is 2. The van der Waals surface area contributed by atoms with Crippen LogP contribution >= 0.6 is 0 Å². The lowest BCUT2D eigenvalue weighted by Gasteiger charge is -2.59. The molecule has 4 aliphatic rings. The molecule has 0 bridgehead atoms. The average molecular weight is 830 g/mol. The van der Waals surface area contributed by atoms with Crippen LogP contribution in [-0.4, -0.2) is 70.4 Å². The number of amides is 1. The molecule has 2 N–H and O–H groups in total. The van der Waals surface area contributed by atoms with Crippen molar-refractivity contribution in [2.45, 2.75) is 82.1 Å². The minimum atomic E-state index is -1.33. The molecule has 1 aliphatic heterocycles. The molecule has 8 rings (SSSR count). The molecule has 6 atom stereocenters. The van der Waals surface area contributed by atoms with Gasteiger partial charge < -0.3 is 34.2 Å². The van der Waals surface area contributed by atoms with Gasteiger partial charge in [-0.15, -0.1) is 6.58 Å². The molecule has 6 unspecified atom stereocenters. The molecule has 61 heavy (non-hydrogen) atoms. The number of nitro groups is 1. The summed E-state index contributed by atoms with van der Waals surface area (Å²) in [6.45, 7) is 4.46. The number of rotatable bonds is 19. The molecule has 3 aliphatic carbocycles. The highest BCUT2D eigenvalue weighted by atomic mass is 16.7. The molecule has 0 saturated heterocycles. The van der Waals surface area contributed by atoms with Crippen LogP contribution in [0.25, 0.3) is 10.8 Å². The summed E-state index contributed by atoms with van der Waals surface area (Å²) < 4.78 is 20.9. The monoisotopic (exact) mass is 829 g/mol. The number of non-ortho nitro benzene ring substituents is 1. The fourth-order valence-electron chi connectivity index (χ4n) is 9.83. The van der Waals surface area contributed by atoms with Crippen LogP contribution in [0.4, 0.5) is 5.69 Å². The summed E-state index contributed by atoms with van der Waals surface area (Å²) in [6, 6.07) is 25.8. The lowest BCUT2D eigenvalue weighted by Crippen LogP contribution is -2.69. The van der Waals surface area contributed by atoms with Crippen LogP contribution in [0.2, 0.25) is 0 Å². The van der Waals surface area contributed by atoms with E-state index in [1.165, 1.54) is 12.1 Å². The van der Waals surface area contributed by atoms with Gasteiger partial charge in [-0.1, -0.05) is 60.5 Å². The highest BCUT2D eigenvalue weighted by Gasteiger charge is 2.65. The number of likely N-dealkylation sites (N-methyl/N-ethyl adjacent to an activating group) is 1. The van der Waals surface area contributed by atoms with Gasteiger partial charge >= 0.3 is 0 Å². The Morgan fingerprint density at radius 2 is 1.69 bits per heavy atom. The fraction of sp³-hybridized carbons (Fsp3) is 0.429. The minimum Gasteiger partial charge on any atom is -0.459 e. The Morgan fingerprint density at radius 1 is 0.967 bits per heavy atom. The van der Waals surface area contributed by atoms with Crippen LogP contribution in [0, 0.1) is 33.8 Å². The zero-order valence-corrected chi connectivity index (χ0v) is 34.7. The van der Waals surface area contributed by atoms with Crippen LogP contribution in [0.1, 0.15) is 74.8 Å². The molecule has 2 saturated carbocycles. The fourth-order valence-corrected chi connectivity index (χ4v) is 9.83. The average Bonchev–Trinajstić information content (AvgIpc) is 4.13. The lowest BCUT2D eigenvalue weighted by molar-refractivity contribution is -0.384. The first-order valence-corrected chi connectivity index (χ1v) is 21.6. The second-order valence-corrected chi connectivity index (χ2v) is 16.8. The number of ether oxygens (including phenoxy) is 3. The third kappa shape index (κ3) is 8.80. The lowest BCUT2D eigenvalue weighted by atomic mass is 9.55. The second kappa shape index (κ2) is 18.6. The predicted molar refractivity (Wildman–Crippen MR) is 232 cm³/mol. The van der Waals surface area contributed by atoms with Gasteiger partial charge in [0.15, 0.2) is 0 Å². The number of aliphatic hydroxyl groups is 2. The molecule has 320 valence electrons. The van der Waals surface area contributed by atoms with Gasteiger partial charge in [0.25, 0.3) is 5.69 Å². The summed E-state index contributed by atoms with van der Waals surface area (Å²) in [4.78, 5) is 32.9. The third-order valence-electron chi connectivity index (χ3n) is 12.9. The smallest absolute Gasteiger partial charge is 0.269 e. The van der Waals surface area contributed by atoms with Crippen molar-refractivity contribution in [1.82, 2.24) is 4.90 Å². The van der Waals surface area contributed by atoms with E-state index in [1.54, 1.807) is 23.1 Å². The van der Waals surface area contributed by atoms with E-state index in [4.69, 9.17) is 24.2 Å². The Kier molecular flexibility index (Phi) is 12.8. The number of nitro benzene ring substituents is 1. The first-order chi connectivity index (χ1) is 29.7. The Balaban J connectivity index is 1.27. The van der Waals surface area contributed by atoms with Crippen molar-refractivity contribution in [2.75, 3.05) is 26.9 Å². The van der Waals surface area contributed by atoms with Crippen molar-refractivity contribution >= 4 is 28.1 Å². The normalized spacial score (nSPS) is 24.5. The number of hydrogen-bond donors (Lipinski definition) is 2. The summed E-state index contributed by atoms with van der Waals surface area (Å²) >= 11 is 0. The minimum absolute atomic E-state index is 0.00740. The summed E-state index contributed by atoms with van der Waals surface area (Å²) in [5, 5.41) is 38.2. The number of benzene rings is 4. The topological polar surface area (TPSA) is 153 Å². The van der Waals surface area contributed by atoms with E-state index in [1.807, 2.05) is 43.4 Å². The van der Waals surface area contributed by atoms with E-state index < -0.39 is 22.7 Å². The first-order valence-electron chi connectivity index (χ1n) is 21.6. The van der Waals surface area contributed by atoms with E-state index in [9.17, 15) is 25.1 Å². The molecule has 4 aromatic rings. The van der Waals surface area contributed by atoms with E-state index in [-0.39, 0.29) is 61.7 Å². The summed E-state index contributed by atoms with van der Waals surface area (Å²) in [5.74, 6) is 0.157. The zero-order chi connectivity index (χ0) is 42.5. The number of oxime groups is 1. The van der Waals surface area contributed by atoms with Crippen LogP contribution < -0.4 is 9.47 Å². The number of carbonyl (C=O) groups is 1. The van der Waals surface area contributed by atoms with E-state index in [0.29, 0.717) is 42.2 Å². The molecular formula is C49H55N3O9. The van der Waals surface area contributed by atoms with Crippen molar-refractivity contribution in [2.24, 2.45) is 28.8 Å². The van der Waals surface area contributed by atoms with Gasteiger partial charge in [-0.3, -0.25) is 14.9 Å². The van der Waals surface area contributed by atoms with Crippen molar-refractivity contribution in [3.8, 4) is 17.2 Å². The van der Waals surface area contributed by atoms with Crippen LogP contribution in [-0.2, 0) is 21.0 Å². The first kappa shape index (κ1) is 42.1. The SMILES string of the molecule is C=CCOC12Oc3ccc(Oc4ccc5ccccc5c4)cc3C3C(CCCCO)C(CCCCO)C=C(C(=NOCc4ccc([N+](=O)[O-])cc4)CC1N(C)C(=O)C1CC1)C32. The molecule has 12 nitrogen and oxygen atoms in total. The van der Waals surface area contributed by atoms with Crippen molar-refractivity contribution in [3.05, 3.63) is 130 Å². The Morgan fingerprint density at radius 3 is 2.41 bits per heavy atom. The molecule has 0 spiro atoms. The number of hydrogen-bond acceptors (Lipinski definition) is 10. The van der Waals surface area contributed by atoms with Crippen molar-refractivity contribution in [1.29, 1.82) is 0 Å². The van der Waals surface area contributed by atoms with Gasteiger partial charge in [-0.25, -0.2) is 0 Å². The third-order valence-corrected chi connectivity index (χ3v) is 12.9. The second-order valence-electron chi connectivity index (χ2n) is 16.8. The molecule has 0 aromatic heterocycles. The highest BCUT2D eigenvalue weighted by Crippen LogP contribution is 2.62. The zero-order valence-electron chi connectivity index (χ0n) is 34.7. The van der Waals surface area contributed by atoms with E-state index in [2.05, 4.69) is 36.9 Å². The van der Waals surface area contributed by atoms with Gasteiger partial charge in [-0.05, 0) is 115 Å². The Hall–Kier alpha value is -5.56. The molecule has 12 heteroatoms. The standard InChI is InChI=1S/C49H55N3O9/c1-3-26-58-49-45(51(2)48(55)34-16-17-34)30-43(50-59-31-32-14-19-37(20-15-32)52(56)57)41-28-36(12-6-8-24-53)40(13-7-9-25-54)46(47(41)49)42-29-39(22-23-44(42)61-49)60-38-21-18-33-10-4-5-11-35(33)27-38/h3-5,10-11,14-15,18-23,27-29,34,36,40,45-47,53-54H,1,6-9,12-13,16-17,24-26,30-31H2,2H3. The Bertz CT molecular complexity index is 2290. The van der Waals surface area contributed by atoms with Crippen LogP contribution in [0.5, 0.6) is 17.2 Å². The van der Waals surface area contributed by atoms with Gasteiger partial charge in [0.05, 0.1) is 23.2 Å². The molecule has 1 amide bonds. The maximum Gasteiger partial charge on any atom is 0.269 e. The number of nitrogens with zero attached hydrogens (tertiary/aromatic N) is 3. The van der Waals surface area contributed by atoms with Crippen molar-refractivity contribution in [3.63, 3.8) is 0 Å². The predicted octanol–water partition coefficient (Wildman–Crippen LogP) is 9.24. The molecule has 0 radical (unpaired) electrons. The van der Waals surface area contributed by atoms with Gasteiger partial charge in [-0.2, -0.15) is 0 Å². The largest absolute Gasteiger partial charge is 0.459 e. The van der Waals surface area contributed by atoms with Gasteiger partial charge in [0, 0.05) is 56.2 Å². The maximum absolute atomic E-state index is 14.1. The number of allylic oxidation sites excluding steroid dienone is 1. The summed E-state index contributed by atoms with van der Waals surface area (Å²) in [6.07, 6.45) is 10.6. The molecule has 1 heterocycles. The van der Waals surface area contributed by atoms with Gasteiger partial charge in [0.2, 0.25) is 11.7 Å². The number of aliphatic hydroxyl groups excluding tert-OH is 2. The quantitative estimate of drug-likeness (QED) is 0.0408. The Labute approximate surface area is 356 Å². The molecule has 4 aromatic carbocycles. The maximum atomic E-state index is 14.1. The number of fused-ring (bicyclic) bond motifs is 3. The summed E-state index contributed by atoms with van der Waals surface area (Å²) in [7, 11) is 1.84. The van der Waals surface area contributed by atoms with Crippen LogP contribution in [0.3, 0.4) is 0 Å². The highest BCUT2D eigenvalue weighted by molar-refractivity contribution is 6.03. The number of carbonyl (C=O) groups excluding carboxylic acids is 1. The molecular weight excluding hydrogens is 775 g/mol. The van der Waals surface area contributed by atoms with E-state index >= 15 is 0 Å². The molecule has 2 fully saturated rings. The van der Waals surface area contributed by atoms with Gasteiger partial charge in [0.1, 0.15) is 29.9 Å².